The molecule has 0 aromatic carbocycles. The first kappa shape index (κ1) is 21.9. The van der Waals surface area contributed by atoms with Crippen molar-refractivity contribution in [3.05, 3.63) is 45.9 Å². The van der Waals surface area contributed by atoms with E-state index in [0.29, 0.717) is 0 Å². The van der Waals surface area contributed by atoms with E-state index in [1.807, 2.05) is 40.1 Å². The van der Waals surface area contributed by atoms with Gasteiger partial charge in [-0.15, -0.1) is 0 Å². The van der Waals surface area contributed by atoms with Gasteiger partial charge in [0.05, 0.1) is 0 Å². The minimum atomic E-state index is -2.08. The molecular weight excluding hydrogens is 278 g/mol. The van der Waals surface area contributed by atoms with E-state index in [1.165, 1.54) is 17.6 Å². The van der Waals surface area contributed by atoms with Crippen LogP contribution in [0.1, 0.15) is 27.2 Å². The van der Waals surface area contributed by atoms with Crippen LogP contribution < -0.4 is 5.32 Å². The Hall–Kier alpha value is -0.366. The van der Waals surface area contributed by atoms with Gasteiger partial charge >= 0.3 is 71.2 Å². The van der Waals surface area contributed by atoms with Crippen LogP contribution in [0, 0.1) is 0 Å². The molecule has 1 rings (SSSR count). The minimum Gasteiger partial charge on any atom is -0.323 e. The second-order valence-electron chi connectivity index (χ2n) is 7.50. The molecule has 1 nitrogen and oxygen atoms in total. The van der Waals surface area contributed by atoms with Crippen LogP contribution in [0.5, 0.6) is 0 Å². The molecule has 0 unspecified atom stereocenters. The molecule has 0 aliphatic heterocycles. The Balaban J connectivity index is 0. The summed E-state index contributed by atoms with van der Waals surface area (Å²) in [6.45, 7) is 9.83. The summed E-state index contributed by atoms with van der Waals surface area (Å²) in [5, 5.41) is 12.7. The average Bonchev–Trinajstić information content (AvgIpc) is 2.75. The molecule has 0 saturated carbocycles. The molecule has 1 aliphatic rings. The molecule has 0 amide bonds. The van der Waals surface area contributed by atoms with Crippen molar-refractivity contribution >= 4 is 0 Å². The van der Waals surface area contributed by atoms with E-state index in [1.54, 1.807) is 3.88 Å². The summed E-state index contributed by atoms with van der Waals surface area (Å²) < 4.78 is 1.77. The normalized spacial score (nSPS) is 16.4. The first-order valence-electron chi connectivity index (χ1n) is 7.45. The van der Waals surface area contributed by atoms with Gasteiger partial charge in [0.15, 0.2) is 0 Å². The zero-order valence-corrected chi connectivity index (χ0v) is 16.8. The van der Waals surface area contributed by atoms with Crippen molar-refractivity contribution in [1.29, 1.82) is 0 Å². The van der Waals surface area contributed by atoms with Gasteiger partial charge in [0.1, 0.15) is 0 Å². The number of allylic oxidation sites excluding steroid dienone is 7. The van der Waals surface area contributed by atoms with Gasteiger partial charge in [0.25, 0.3) is 0 Å². The zero-order chi connectivity index (χ0) is 16.4. The van der Waals surface area contributed by atoms with Crippen molar-refractivity contribution in [1.82, 2.24) is 5.32 Å². The van der Waals surface area contributed by atoms with E-state index >= 15 is 0 Å². The molecule has 1 aliphatic carbocycles. The Morgan fingerprint density at radius 1 is 1.25 bits per heavy atom. The summed E-state index contributed by atoms with van der Waals surface area (Å²) in [6.07, 6.45) is 9.65. The van der Waals surface area contributed by atoms with E-state index in [4.69, 9.17) is 0 Å². The van der Waals surface area contributed by atoms with Crippen LogP contribution in [0.25, 0.3) is 0 Å². The quantitative estimate of drug-likeness (QED) is 0.481. The van der Waals surface area contributed by atoms with Gasteiger partial charge in [-0.2, -0.15) is 0 Å². The fourth-order valence-electron chi connectivity index (χ4n) is 1.93. The largest absolute Gasteiger partial charge is 0.323 e. The first-order valence-corrected chi connectivity index (χ1v) is 14.5. The van der Waals surface area contributed by atoms with Gasteiger partial charge in [-0.3, -0.25) is 0 Å². The van der Waals surface area contributed by atoms with Gasteiger partial charge in [-0.05, 0) is 27.9 Å². The Bertz CT molecular complexity index is 380. The molecule has 0 heterocycles. The number of hydrogen-bond donors (Lipinski definition) is 1. The first-order chi connectivity index (χ1) is 9.00. The summed E-state index contributed by atoms with van der Waals surface area (Å²) in [7, 11) is 3.75. The summed E-state index contributed by atoms with van der Waals surface area (Å²) in [5.74, 6) is 0. The van der Waals surface area contributed by atoms with Crippen molar-refractivity contribution < 1.29 is 15.3 Å². The third-order valence-corrected chi connectivity index (χ3v) is 7.85. The average molecular weight is 314 g/mol. The van der Waals surface area contributed by atoms with E-state index in [9.17, 15) is 0 Å². The molecule has 0 spiro atoms. The summed E-state index contributed by atoms with van der Waals surface area (Å²) >= 11 is -2.08. The van der Waals surface area contributed by atoms with Gasteiger partial charge in [-0.1, -0.05) is 24.3 Å². The van der Waals surface area contributed by atoms with Gasteiger partial charge in [0, 0.05) is 0 Å². The summed E-state index contributed by atoms with van der Waals surface area (Å²) in [6, 6.07) is 0. The topological polar surface area (TPSA) is 12.0 Å². The molecular formula is C18H36NTi. The number of rotatable bonds is 2. The summed E-state index contributed by atoms with van der Waals surface area (Å²) in [5.41, 5.74) is 2.77. The van der Waals surface area contributed by atoms with Crippen molar-refractivity contribution in [2.24, 2.45) is 0 Å². The van der Waals surface area contributed by atoms with Crippen LogP contribution >= 0.6 is 0 Å². The molecule has 117 valence electrons. The minimum absolute atomic E-state index is 1.23. The van der Waals surface area contributed by atoms with Crippen LogP contribution in [0.3, 0.4) is 0 Å². The smallest absolute Gasteiger partial charge is 0.0167 e. The van der Waals surface area contributed by atoms with E-state index < -0.39 is 15.3 Å². The molecule has 0 aromatic heterocycles. The Kier molecular flexibility index (Phi) is 10.5. The molecule has 2 heteroatoms. The van der Waals surface area contributed by atoms with Crippen LogP contribution in [0.4, 0.5) is 0 Å². The van der Waals surface area contributed by atoms with Crippen molar-refractivity contribution in [2.75, 3.05) is 14.1 Å². The predicted octanol–water partition coefficient (Wildman–Crippen LogP) is 6.08. The molecule has 1 N–H and O–H groups in total. The third-order valence-electron chi connectivity index (χ3n) is 3.15. The monoisotopic (exact) mass is 314 g/mol. The maximum atomic E-state index is 3.56. The van der Waals surface area contributed by atoms with Crippen LogP contribution in [-0.2, 0) is 15.3 Å². The van der Waals surface area contributed by atoms with Gasteiger partial charge in [-0.25, -0.2) is 0 Å². The second kappa shape index (κ2) is 9.55. The Labute approximate surface area is 128 Å². The maximum Gasteiger partial charge on any atom is -0.0167 e. The predicted molar refractivity (Wildman–Crippen MR) is 94.5 cm³/mol. The van der Waals surface area contributed by atoms with Crippen LogP contribution in [0.2, 0.25) is 20.9 Å². The van der Waals surface area contributed by atoms with Crippen molar-refractivity contribution in [2.45, 2.75) is 48.1 Å². The fraction of sp³-hybridized carbons (Fsp3) is 0.556. The number of hydrogen-bond acceptors (Lipinski definition) is 1. The molecule has 0 atom stereocenters. The number of nitrogens with one attached hydrogen (secondary N) is 1. The second-order valence-corrected chi connectivity index (χ2v) is 20.9. The fourth-order valence-corrected chi connectivity index (χ4v) is 5.98. The maximum absolute atomic E-state index is 3.56. The Morgan fingerprint density at radius 2 is 1.70 bits per heavy atom. The third kappa shape index (κ3) is 10.4. The van der Waals surface area contributed by atoms with Crippen LogP contribution in [0.15, 0.2) is 45.9 Å². The van der Waals surface area contributed by atoms with E-state index in [2.05, 4.69) is 51.9 Å². The van der Waals surface area contributed by atoms with Gasteiger partial charge < -0.3 is 5.32 Å². The Morgan fingerprint density at radius 3 is 1.80 bits per heavy atom. The van der Waals surface area contributed by atoms with E-state index in [0.717, 1.165) is 0 Å². The molecule has 0 aromatic rings. The molecule has 0 bridgehead atoms. The molecule has 0 saturated heterocycles. The summed E-state index contributed by atoms with van der Waals surface area (Å²) in [4.78, 5) is 0. The van der Waals surface area contributed by atoms with Crippen molar-refractivity contribution in [3.8, 4) is 0 Å². The van der Waals surface area contributed by atoms with Crippen LogP contribution in [-0.4, -0.2) is 14.1 Å². The standard InChI is InChI=1S/C6H7.C6H10.C2H7N.4CH3.Ti/c1-6-4-2-3-5-6;1-4-6(3)5-2;1-3-2;;;;;/h2,4H,3H2,1H3;4-5H,1H2,2-3H3;3H,1-2H3;4*1H3;. The molecule has 0 fully saturated rings. The molecule has 0 radical (unpaired) electrons. The molecule has 20 heavy (non-hydrogen) atoms. The zero-order valence-electron chi connectivity index (χ0n) is 15.2. The SMILES string of the molecule is C=CC(C)=CC.CC1=[C]([Ti]([CH3])([CH3])([CH3])[CH3])CC=C1.CNC. The van der Waals surface area contributed by atoms with Gasteiger partial charge in [0.2, 0.25) is 0 Å². The van der Waals surface area contributed by atoms with E-state index in [-0.39, 0.29) is 0 Å². The van der Waals surface area contributed by atoms with Crippen molar-refractivity contribution in [3.63, 3.8) is 0 Å².